The first kappa shape index (κ1) is 21.7. The highest BCUT2D eigenvalue weighted by Crippen LogP contribution is 2.31. The summed E-state index contributed by atoms with van der Waals surface area (Å²) in [4.78, 5) is 42.3. The largest absolute Gasteiger partial charge is 0.462 e. The Morgan fingerprint density at radius 2 is 1.87 bits per heavy atom. The van der Waals surface area contributed by atoms with Crippen molar-refractivity contribution in [2.75, 3.05) is 46.0 Å². The molecule has 8 heteroatoms. The molecule has 1 aliphatic rings. The molecule has 3 rings (SSSR count). The number of esters is 1. The fourth-order valence-electron chi connectivity index (χ4n) is 3.60. The van der Waals surface area contributed by atoms with Crippen molar-refractivity contribution in [2.45, 2.75) is 13.8 Å². The zero-order valence-electron chi connectivity index (χ0n) is 17.4. The Labute approximate surface area is 175 Å². The maximum atomic E-state index is 12.9. The van der Waals surface area contributed by atoms with Gasteiger partial charge >= 0.3 is 5.97 Å². The van der Waals surface area contributed by atoms with E-state index in [4.69, 9.17) is 9.47 Å². The number of amides is 1. The number of benzene rings is 1. The number of ether oxygens (including phenoxy) is 2. The summed E-state index contributed by atoms with van der Waals surface area (Å²) in [6.45, 7) is 7.94. The SMILES string of the molecule is CCOC(=O)c1c(C)[nH]c(C(=O)C(=O)NCC[NH+]2CCOCC2)c1-c1ccccc1. The van der Waals surface area contributed by atoms with E-state index in [1.165, 1.54) is 4.90 Å². The van der Waals surface area contributed by atoms with Crippen LogP contribution in [0.1, 0.15) is 33.5 Å². The number of aromatic amines is 1. The molecule has 0 saturated carbocycles. The second-order valence-corrected chi connectivity index (χ2v) is 7.16. The lowest BCUT2D eigenvalue weighted by Gasteiger charge is -2.23. The Hall–Kier alpha value is -2.97. The Morgan fingerprint density at radius 3 is 2.53 bits per heavy atom. The van der Waals surface area contributed by atoms with Crippen molar-refractivity contribution < 1.29 is 28.8 Å². The van der Waals surface area contributed by atoms with E-state index in [1.54, 1.807) is 26.0 Å². The maximum absolute atomic E-state index is 12.9. The van der Waals surface area contributed by atoms with Crippen molar-refractivity contribution in [2.24, 2.45) is 0 Å². The molecule has 3 N–H and O–H groups in total. The van der Waals surface area contributed by atoms with Crippen LogP contribution in [0.5, 0.6) is 0 Å². The average molecular weight is 414 g/mol. The third kappa shape index (κ3) is 4.95. The molecule has 0 atom stereocenters. The van der Waals surface area contributed by atoms with E-state index >= 15 is 0 Å². The predicted octanol–water partition coefficient (Wildman–Crippen LogP) is 0.381. The molecule has 30 heavy (non-hydrogen) atoms. The molecule has 0 spiro atoms. The molecule has 0 radical (unpaired) electrons. The number of rotatable bonds is 8. The third-order valence-corrected chi connectivity index (χ3v) is 5.13. The second kappa shape index (κ2) is 10.2. The van der Waals surface area contributed by atoms with Crippen LogP contribution in [-0.2, 0) is 14.3 Å². The molecule has 0 bridgehead atoms. The Balaban J connectivity index is 1.81. The first-order valence-electron chi connectivity index (χ1n) is 10.2. The number of hydrogen-bond acceptors (Lipinski definition) is 5. The van der Waals surface area contributed by atoms with Gasteiger partial charge in [-0.05, 0) is 19.4 Å². The molecule has 0 unspecified atom stereocenters. The molecule has 1 aromatic heterocycles. The van der Waals surface area contributed by atoms with E-state index in [-0.39, 0.29) is 17.9 Å². The molecule has 2 heterocycles. The quantitative estimate of drug-likeness (QED) is 0.329. The summed E-state index contributed by atoms with van der Waals surface area (Å²) in [5, 5.41) is 2.70. The Kier molecular flexibility index (Phi) is 7.37. The van der Waals surface area contributed by atoms with E-state index in [0.29, 0.717) is 36.6 Å². The minimum atomic E-state index is -0.704. The molecule has 1 aromatic carbocycles. The topological polar surface area (TPSA) is 102 Å². The number of quaternary nitrogens is 1. The number of aromatic nitrogens is 1. The van der Waals surface area contributed by atoms with Crippen LogP contribution in [0.15, 0.2) is 30.3 Å². The molecular formula is C22H28N3O5+. The van der Waals surface area contributed by atoms with Gasteiger partial charge in [-0.3, -0.25) is 9.59 Å². The van der Waals surface area contributed by atoms with Crippen LogP contribution in [0, 0.1) is 6.92 Å². The number of H-pyrrole nitrogens is 1. The third-order valence-electron chi connectivity index (χ3n) is 5.13. The van der Waals surface area contributed by atoms with Gasteiger partial charge in [0.2, 0.25) is 0 Å². The van der Waals surface area contributed by atoms with Crippen molar-refractivity contribution in [3.8, 4) is 11.1 Å². The number of aryl methyl sites for hydroxylation is 1. The second-order valence-electron chi connectivity index (χ2n) is 7.16. The summed E-state index contributed by atoms with van der Waals surface area (Å²) in [6.07, 6.45) is 0. The molecule has 1 saturated heterocycles. The van der Waals surface area contributed by atoms with Gasteiger partial charge in [-0.2, -0.15) is 0 Å². The molecule has 1 amide bonds. The number of morpholine rings is 1. The fraction of sp³-hybridized carbons (Fsp3) is 0.409. The first-order valence-corrected chi connectivity index (χ1v) is 10.2. The van der Waals surface area contributed by atoms with Gasteiger partial charge in [-0.25, -0.2) is 4.79 Å². The van der Waals surface area contributed by atoms with Gasteiger partial charge in [0, 0.05) is 11.3 Å². The molecule has 0 aliphatic carbocycles. The number of Topliss-reactive ketones (excluding diaryl/α,β-unsaturated/α-hetero) is 1. The lowest BCUT2D eigenvalue weighted by atomic mass is 9.98. The standard InChI is InChI=1S/C22H27N3O5/c1-3-30-22(28)17-15(2)24-19(18(17)16-7-5-4-6-8-16)20(26)21(27)23-9-10-25-11-13-29-14-12-25/h4-8,24H,3,9-14H2,1-2H3,(H,23,27)/p+1. The van der Waals surface area contributed by atoms with Crippen molar-refractivity contribution in [1.82, 2.24) is 10.3 Å². The van der Waals surface area contributed by atoms with Crippen molar-refractivity contribution in [3.63, 3.8) is 0 Å². The zero-order valence-corrected chi connectivity index (χ0v) is 17.4. The van der Waals surface area contributed by atoms with Gasteiger partial charge in [0.15, 0.2) is 0 Å². The van der Waals surface area contributed by atoms with Gasteiger partial charge in [0.05, 0.1) is 38.5 Å². The minimum Gasteiger partial charge on any atom is -0.462 e. The number of ketones is 1. The lowest BCUT2D eigenvalue weighted by Crippen LogP contribution is -3.14. The molecule has 8 nitrogen and oxygen atoms in total. The van der Waals surface area contributed by atoms with Crippen LogP contribution in [0.3, 0.4) is 0 Å². The Morgan fingerprint density at radius 1 is 1.17 bits per heavy atom. The van der Waals surface area contributed by atoms with Gasteiger partial charge in [-0.1, -0.05) is 30.3 Å². The number of nitrogens with one attached hydrogen (secondary N) is 3. The minimum absolute atomic E-state index is 0.0953. The van der Waals surface area contributed by atoms with Crippen molar-refractivity contribution in [1.29, 1.82) is 0 Å². The van der Waals surface area contributed by atoms with Gasteiger partial charge in [0.25, 0.3) is 11.7 Å². The highest BCUT2D eigenvalue weighted by Gasteiger charge is 2.29. The van der Waals surface area contributed by atoms with Crippen LogP contribution < -0.4 is 10.2 Å². The lowest BCUT2D eigenvalue weighted by molar-refractivity contribution is -0.906. The highest BCUT2D eigenvalue weighted by atomic mass is 16.5. The van der Waals surface area contributed by atoms with E-state index in [2.05, 4.69) is 10.3 Å². The fourth-order valence-corrected chi connectivity index (χ4v) is 3.60. The van der Waals surface area contributed by atoms with Crippen molar-refractivity contribution >= 4 is 17.7 Å². The van der Waals surface area contributed by atoms with Crippen LogP contribution in [0.2, 0.25) is 0 Å². The van der Waals surface area contributed by atoms with Gasteiger partial charge in [-0.15, -0.1) is 0 Å². The average Bonchev–Trinajstić information content (AvgIpc) is 3.11. The molecule has 1 aliphatic heterocycles. The molecule has 2 aromatic rings. The van der Waals surface area contributed by atoms with E-state index in [9.17, 15) is 14.4 Å². The van der Waals surface area contributed by atoms with E-state index in [0.717, 1.165) is 19.6 Å². The molecule has 160 valence electrons. The van der Waals surface area contributed by atoms with Crippen LogP contribution in [-0.4, -0.2) is 68.6 Å². The van der Waals surface area contributed by atoms with Gasteiger partial charge in [0.1, 0.15) is 18.8 Å². The summed E-state index contributed by atoms with van der Waals surface area (Å²) in [5.74, 6) is -1.93. The summed E-state index contributed by atoms with van der Waals surface area (Å²) in [6, 6.07) is 9.05. The number of carbonyl (C=O) groups excluding carboxylic acids is 3. The normalized spacial score (nSPS) is 14.3. The zero-order chi connectivity index (χ0) is 21.5. The Bertz CT molecular complexity index is 901. The molecular weight excluding hydrogens is 386 g/mol. The summed E-state index contributed by atoms with van der Waals surface area (Å²) < 4.78 is 10.5. The predicted molar refractivity (Wildman–Crippen MR) is 111 cm³/mol. The van der Waals surface area contributed by atoms with Crippen LogP contribution in [0.4, 0.5) is 0 Å². The monoisotopic (exact) mass is 414 g/mol. The van der Waals surface area contributed by atoms with Crippen LogP contribution in [0.25, 0.3) is 11.1 Å². The van der Waals surface area contributed by atoms with E-state index < -0.39 is 17.7 Å². The smallest absolute Gasteiger partial charge is 0.340 e. The first-order chi connectivity index (χ1) is 14.5. The number of carbonyl (C=O) groups is 3. The molecule has 1 fully saturated rings. The summed E-state index contributed by atoms with van der Waals surface area (Å²) in [7, 11) is 0. The van der Waals surface area contributed by atoms with Crippen LogP contribution >= 0.6 is 0 Å². The summed E-state index contributed by atoms with van der Waals surface area (Å²) in [5.41, 5.74) is 1.92. The van der Waals surface area contributed by atoms with Gasteiger partial charge < -0.3 is 24.7 Å². The number of hydrogen-bond donors (Lipinski definition) is 3. The van der Waals surface area contributed by atoms with E-state index in [1.807, 2.05) is 18.2 Å². The summed E-state index contributed by atoms with van der Waals surface area (Å²) >= 11 is 0. The van der Waals surface area contributed by atoms with Crippen molar-refractivity contribution in [3.05, 3.63) is 47.3 Å². The highest BCUT2D eigenvalue weighted by molar-refractivity contribution is 6.43. The maximum Gasteiger partial charge on any atom is 0.340 e.